The Morgan fingerprint density at radius 1 is 1.15 bits per heavy atom. The fourth-order valence-corrected chi connectivity index (χ4v) is 8.74. The molecule has 2 saturated heterocycles. The number of quaternary nitrogens is 1. The molecule has 2 heterocycles. The van der Waals surface area contributed by atoms with Crippen molar-refractivity contribution in [1.29, 1.82) is 0 Å². The number of nitrogens with zero attached hydrogens (tertiary/aromatic N) is 1. The molecule has 3 N–H and O–H groups in total. The van der Waals surface area contributed by atoms with E-state index < -0.39 is 17.2 Å². The standard InChI is InChI=1S/C32H51N3O4S/c1-6-19-32(29(36)34-31(3,4)5)28(24-13-8-7-9-14-24)26-16-11-10-15-25(26)22-35(32,38)20-18-23(2)33-30(37)39-27-17-12-21-40-27/h7-9,13-14,23,25-28,38H,6,10-12,15-22H2,1-5H3,(H-,33,34,36,37)/p+1/t23-,25-,26+,27-,28-,32+,35-/m1/s1. The van der Waals surface area contributed by atoms with Gasteiger partial charge in [-0.15, -0.1) is 11.8 Å². The van der Waals surface area contributed by atoms with E-state index in [1.165, 1.54) is 12.8 Å². The summed E-state index contributed by atoms with van der Waals surface area (Å²) in [5.41, 5.74) is -0.372. The van der Waals surface area contributed by atoms with Gasteiger partial charge >= 0.3 is 6.09 Å². The minimum atomic E-state index is -1.03. The Kier molecular flexibility index (Phi) is 10.2. The highest BCUT2D eigenvalue weighted by molar-refractivity contribution is 8.00. The molecule has 7 atom stereocenters. The Balaban J connectivity index is 1.68. The first-order chi connectivity index (χ1) is 19.0. The van der Waals surface area contributed by atoms with Crippen molar-refractivity contribution in [2.24, 2.45) is 11.8 Å². The maximum Gasteiger partial charge on any atom is 0.408 e. The number of carbonyl (C=O) groups excluding carboxylic acids is 2. The minimum Gasteiger partial charge on any atom is -0.435 e. The Morgan fingerprint density at radius 3 is 2.52 bits per heavy atom. The van der Waals surface area contributed by atoms with Gasteiger partial charge in [-0.3, -0.25) is 4.79 Å². The van der Waals surface area contributed by atoms with Gasteiger partial charge in [0, 0.05) is 30.3 Å². The predicted octanol–water partition coefficient (Wildman–Crippen LogP) is 6.61. The number of hydrogen-bond donors (Lipinski definition) is 3. The maximum absolute atomic E-state index is 14.6. The van der Waals surface area contributed by atoms with Crippen molar-refractivity contribution in [3.8, 4) is 0 Å². The van der Waals surface area contributed by atoms with Crippen LogP contribution in [0.2, 0.25) is 0 Å². The molecule has 1 aromatic rings. The van der Waals surface area contributed by atoms with E-state index in [1.54, 1.807) is 11.8 Å². The van der Waals surface area contributed by atoms with Gasteiger partial charge in [-0.05, 0) is 77.0 Å². The number of fused-ring (bicyclic) bond motifs is 1. The Morgan fingerprint density at radius 2 is 1.88 bits per heavy atom. The Bertz CT molecular complexity index is 996. The third-order valence-corrected chi connectivity index (χ3v) is 10.5. The molecule has 2 amide bonds. The van der Waals surface area contributed by atoms with Crippen LogP contribution in [-0.2, 0) is 9.53 Å². The normalized spacial score (nSPS) is 33.0. The minimum absolute atomic E-state index is 0.0551. The Labute approximate surface area is 245 Å². The lowest BCUT2D eigenvalue weighted by Gasteiger charge is -2.59. The average Bonchev–Trinajstić information content (AvgIpc) is 3.40. The molecule has 2 aliphatic heterocycles. The molecule has 0 bridgehead atoms. The van der Waals surface area contributed by atoms with E-state index in [-0.39, 0.29) is 27.9 Å². The van der Waals surface area contributed by atoms with Crippen LogP contribution in [0.1, 0.15) is 104 Å². The summed E-state index contributed by atoms with van der Waals surface area (Å²) in [4.78, 5) is 27.2. The molecule has 3 aliphatic rings. The number of benzene rings is 1. The van der Waals surface area contributed by atoms with Gasteiger partial charge in [-0.25, -0.2) is 10.0 Å². The summed E-state index contributed by atoms with van der Waals surface area (Å²) in [5.74, 6) is 1.58. The molecular formula is C32H52N3O4S+. The highest BCUT2D eigenvalue weighted by Crippen LogP contribution is 2.56. The molecule has 1 aromatic carbocycles. The summed E-state index contributed by atoms with van der Waals surface area (Å²) in [6.45, 7) is 11.1. The van der Waals surface area contributed by atoms with E-state index >= 15 is 0 Å². The van der Waals surface area contributed by atoms with Gasteiger partial charge < -0.3 is 15.4 Å². The summed E-state index contributed by atoms with van der Waals surface area (Å²) in [7, 11) is 0. The van der Waals surface area contributed by atoms with Crippen molar-refractivity contribution in [3.05, 3.63) is 35.9 Å². The fraction of sp³-hybridized carbons (Fsp3) is 0.750. The number of hydrogen-bond acceptors (Lipinski definition) is 5. The number of ether oxygens (including phenoxy) is 1. The van der Waals surface area contributed by atoms with Crippen LogP contribution in [0.3, 0.4) is 0 Å². The molecule has 8 heteroatoms. The summed E-state index contributed by atoms with van der Waals surface area (Å²) in [6, 6.07) is 10.3. The smallest absolute Gasteiger partial charge is 0.408 e. The first-order valence-corrected chi connectivity index (χ1v) is 16.6. The Hall–Kier alpha value is -1.77. The van der Waals surface area contributed by atoms with E-state index in [4.69, 9.17) is 4.74 Å². The van der Waals surface area contributed by atoms with Crippen molar-refractivity contribution in [3.63, 3.8) is 0 Å². The average molecular weight is 575 g/mol. The van der Waals surface area contributed by atoms with Crippen LogP contribution in [-0.4, -0.2) is 63.3 Å². The second kappa shape index (κ2) is 13.0. The lowest BCUT2D eigenvalue weighted by molar-refractivity contribution is -1.14. The van der Waals surface area contributed by atoms with Crippen molar-refractivity contribution in [2.45, 2.75) is 121 Å². The number of piperidine rings is 1. The molecule has 4 rings (SSSR count). The quantitative estimate of drug-likeness (QED) is 0.289. The number of hydroxylamine groups is 3. The number of carbonyl (C=O) groups is 2. The number of rotatable bonds is 9. The molecule has 0 aromatic heterocycles. The molecule has 3 fully saturated rings. The van der Waals surface area contributed by atoms with Gasteiger partial charge in [0.05, 0.1) is 5.92 Å². The van der Waals surface area contributed by atoms with Crippen molar-refractivity contribution < 1.29 is 24.2 Å². The fourth-order valence-electron chi connectivity index (χ4n) is 7.65. The zero-order chi connectivity index (χ0) is 29.0. The van der Waals surface area contributed by atoms with Crippen molar-refractivity contribution >= 4 is 23.8 Å². The molecule has 0 radical (unpaired) electrons. The van der Waals surface area contributed by atoms with Gasteiger partial charge in [0.1, 0.15) is 18.5 Å². The van der Waals surface area contributed by atoms with Crippen molar-refractivity contribution in [1.82, 2.24) is 10.6 Å². The van der Waals surface area contributed by atoms with Crippen LogP contribution in [0.5, 0.6) is 0 Å². The molecule has 40 heavy (non-hydrogen) atoms. The van der Waals surface area contributed by atoms with Gasteiger partial charge in [0.25, 0.3) is 5.91 Å². The van der Waals surface area contributed by atoms with E-state index in [0.717, 1.165) is 43.4 Å². The van der Waals surface area contributed by atoms with Gasteiger partial charge in [0.2, 0.25) is 5.54 Å². The molecule has 0 spiro atoms. The lowest BCUT2D eigenvalue weighted by atomic mass is 9.57. The monoisotopic (exact) mass is 574 g/mol. The number of nitrogens with one attached hydrogen (secondary N) is 2. The van der Waals surface area contributed by atoms with E-state index in [2.05, 4.69) is 41.8 Å². The highest BCUT2D eigenvalue weighted by Gasteiger charge is 2.68. The van der Waals surface area contributed by atoms with Crippen LogP contribution in [0.25, 0.3) is 0 Å². The number of likely N-dealkylation sites (tertiary alicyclic amines) is 1. The van der Waals surface area contributed by atoms with Gasteiger partial charge in [-0.1, -0.05) is 50.1 Å². The second-order valence-corrected chi connectivity index (χ2v) is 14.8. The summed E-state index contributed by atoms with van der Waals surface area (Å²) < 4.78 is 5.31. The first kappa shape index (κ1) is 31.2. The summed E-state index contributed by atoms with van der Waals surface area (Å²) >= 11 is 1.68. The molecule has 1 saturated carbocycles. The topological polar surface area (TPSA) is 87.7 Å². The van der Waals surface area contributed by atoms with Crippen molar-refractivity contribution in [2.75, 3.05) is 18.8 Å². The third-order valence-electron chi connectivity index (χ3n) is 9.28. The molecule has 0 unspecified atom stereocenters. The SMILES string of the molecule is CCC[C@@]1(C(=O)NC(C)(C)C)[C@H](c2ccccc2)[C@H]2CCCC[C@@H]2C[N@+]1(O)CC[C@@H](C)NC(=O)O[C@H]1CCCS1. The third kappa shape index (κ3) is 6.81. The van der Waals surface area contributed by atoms with Gasteiger partial charge in [0.15, 0.2) is 0 Å². The first-order valence-electron chi connectivity index (χ1n) is 15.6. The largest absolute Gasteiger partial charge is 0.435 e. The molecular weight excluding hydrogens is 522 g/mol. The van der Waals surface area contributed by atoms with Crippen LogP contribution < -0.4 is 10.6 Å². The molecule has 224 valence electrons. The lowest BCUT2D eigenvalue weighted by Crippen LogP contribution is -2.77. The molecule has 7 nitrogen and oxygen atoms in total. The number of alkyl carbamates (subject to hydrolysis) is 1. The summed E-state index contributed by atoms with van der Waals surface area (Å²) in [6.07, 6.45) is 8.01. The highest BCUT2D eigenvalue weighted by atomic mass is 32.2. The van der Waals surface area contributed by atoms with Gasteiger partial charge in [-0.2, -0.15) is 4.65 Å². The van der Waals surface area contributed by atoms with Crippen LogP contribution in [0.15, 0.2) is 30.3 Å². The second-order valence-electron chi connectivity index (χ2n) is 13.5. The van der Waals surface area contributed by atoms with E-state index in [9.17, 15) is 14.8 Å². The maximum atomic E-state index is 14.6. The molecule has 1 aliphatic carbocycles. The number of thioether (sulfide) groups is 1. The zero-order valence-electron chi connectivity index (χ0n) is 25.3. The number of amides is 2. The summed E-state index contributed by atoms with van der Waals surface area (Å²) in [5, 5.41) is 19.2. The van der Waals surface area contributed by atoms with Crippen LogP contribution in [0.4, 0.5) is 4.79 Å². The van der Waals surface area contributed by atoms with Crippen LogP contribution in [0, 0.1) is 11.8 Å². The van der Waals surface area contributed by atoms with E-state index in [0.29, 0.717) is 37.8 Å². The van der Waals surface area contributed by atoms with E-state index in [1.807, 2.05) is 33.8 Å². The zero-order valence-corrected chi connectivity index (χ0v) is 26.1. The van der Waals surface area contributed by atoms with Crippen LogP contribution >= 0.6 is 11.8 Å². The predicted molar refractivity (Wildman–Crippen MR) is 161 cm³/mol.